The van der Waals surface area contributed by atoms with E-state index in [1.807, 2.05) is 6.92 Å². The predicted octanol–water partition coefficient (Wildman–Crippen LogP) is 2.83. The van der Waals surface area contributed by atoms with Gasteiger partial charge in [-0.2, -0.15) is 0 Å². The third-order valence-electron chi connectivity index (χ3n) is 12.4. The van der Waals surface area contributed by atoms with E-state index in [9.17, 15) is 30.6 Å². The average molecular weight is 553 g/mol. The maximum atomic E-state index is 11.7. The van der Waals surface area contributed by atoms with Crippen molar-refractivity contribution in [2.45, 2.75) is 128 Å². The number of ether oxygens (including phenoxy) is 2. The van der Waals surface area contributed by atoms with Crippen molar-refractivity contribution in [2.75, 3.05) is 13.2 Å². The Morgan fingerprint density at radius 2 is 1.62 bits per heavy atom. The Morgan fingerprint density at radius 1 is 1.00 bits per heavy atom. The van der Waals surface area contributed by atoms with Crippen molar-refractivity contribution >= 4 is 0 Å². The highest BCUT2D eigenvalue weighted by Gasteiger charge is 2.75. The maximum absolute atomic E-state index is 11.7. The number of allylic oxidation sites excluding steroid dienone is 3. The quantitative estimate of drug-likeness (QED) is 0.286. The van der Waals surface area contributed by atoms with Gasteiger partial charge >= 0.3 is 0 Å². The van der Waals surface area contributed by atoms with Crippen LogP contribution < -0.4 is 0 Å². The van der Waals surface area contributed by atoms with Gasteiger partial charge in [0.05, 0.1) is 25.4 Å². The second-order valence-corrected chi connectivity index (χ2v) is 14.9. The minimum absolute atomic E-state index is 0.0322. The summed E-state index contributed by atoms with van der Waals surface area (Å²) >= 11 is 0. The first-order valence-electron chi connectivity index (χ1n) is 14.4. The van der Waals surface area contributed by atoms with Gasteiger partial charge in [0.15, 0.2) is 5.79 Å². The molecule has 12 atom stereocenters. The molecule has 1 aliphatic heterocycles. The van der Waals surface area contributed by atoms with Crippen LogP contribution in [-0.4, -0.2) is 84.3 Å². The zero-order valence-corrected chi connectivity index (χ0v) is 25.1. The van der Waals surface area contributed by atoms with Gasteiger partial charge in [-0.05, 0) is 89.4 Å². The van der Waals surface area contributed by atoms with Crippen LogP contribution in [0.1, 0.15) is 87.5 Å². The van der Waals surface area contributed by atoms with Gasteiger partial charge in [0.1, 0.15) is 22.4 Å². The van der Waals surface area contributed by atoms with E-state index in [0.29, 0.717) is 12.8 Å². The van der Waals surface area contributed by atoms with Gasteiger partial charge in [-0.3, -0.25) is 0 Å². The molecule has 3 fully saturated rings. The lowest BCUT2D eigenvalue weighted by Crippen LogP contribution is -2.85. The van der Waals surface area contributed by atoms with E-state index in [-0.39, 0.29) is 29.3 Å². The Kier molecular flexibility index (Phi) is 7.24. The molecule has 0 amide bonds. The molecule has 2 saturated carbocycles. The van der Waals surface area contributed by atoms with E-state index in [0.717, 1.165) is 19.3 Å². The number of hydrogen-bond acceptors (Lipinski definition) is 8. The van der Waals surface area contributed by atoms with Crippen molar-refractivity contribution < 1.29 is 40.1 Å². The van der Waals surface area contributed by atoms with E-state index >= 15 is 0 Å². The van der Waals surface area contributed by atoms with Crippen molar-refractivity contribution in [3.63, 3.8) is 0 Å². The smallest absolute Gasteiger partial charge is 0.197 e. The first-order valence-corrected chi connectivity index (χ1v) is 14.4. The van der Waals surface area contributed by atoms with Crippen LogP contribution in [0.3, 0.4) is 0 Å². The molecule has 1 heterocycles. The van der Waals surface area contributed by atoms with E-state index in [2.05, 4.69) is 32.6 Å². The van der Waals surface area contributed by atoms with E-state index in [4.69, 9.17) is 9.47 Å². The molecule has 6 N–H and O–H groups in total. The molecule has 0 aromatic carbocycles. The summed E-state index contributed by atoms with van der Waals surface area (Å²) in [6.07, 6.45) is 6.44. The SMILES string of the molecule is C=C[C@@]1(C)CC[C@H]2C(=CCC3[C@]2(C)C[C@@H](O)[C@H](O)[C@]3(C)CO[C@]2(C)O[C@](C)(CO)[C@@](C)(O)[C@](C)(O)[C@]2(C)O)C1. The first kappa shape index (κ1) is 31.1. The van der Waals surface area contributed by atoms with Crippen LogP contribution in [0.2, 0.25) is 0 Å². The number of aliphatic hydroxyl groups excluding tert-OH is 3. The summed E-state index contributed by atoms with van der Waals surface area (Å²) in [5.74, 6) is -1.64. The molecule has 39 heavy (non-hydrogen) atoms. The number of rotatable bonds is 5. The van der Waals surface area contributed by atoms with Crippen molar-refractivity contribution in [1.82, 2.24) is 0 Å². The fourth-order valence-corrected chi connectivity index (χ4v) is 8.67. The Bertz CT molecular complexity index is 1020. The Balaban J connectivity index is 1.70. The van der Waals surface area contributed by atoms with Crippen LogP contribution in [0, 0.1) is 28.1 Å². The highest BCUT2D eigenvalue weighted by Crippen LogP contribution is 2.64. The molecule has 0 aromatic heterocycles. The lowest BCUT2D eigenvalue weighted by Gasteiger charge is -2.66. The molecule has 1 unspecified atom stereocenters. The summed E-state index contributed by atoms with van der Waals surface area (Å²) in [6, 6.07) is 0. The molecule has 0 radical (unpaired) electrons. The largest absolute Gasteiger partial charge is 0.393 e. The van der Waals surface area contributed by atoms with Gasteiger partial charge in [0.2, 0.25) is 0 Å². The van der Waals surface area contributed by atoms with Crippen molar-refractivity contribution in [1.29, 1.82) is 0 Å². The monoisotopic (exact) mass is 552 g/mol. The Hall–Kier alpha value is -0.840. The second kappa shape index (κ2) is 9.08. The molecule has 8 heteroatoms. The second-order valence-electron chi connectivity index (χ2n) is 14.9. The molecule has 0 bridgehead atoms. The number of hydrogen-bond donors (Lipinski definition) is 6. The molecule has 8 nitrogen and oxygen atoms in total. The minimum atomic E-state index is -2.15. The highest BCUT2D eigenvalue weighted by atomic mass is 16.7. The van der Waals surface area contributed by atoms with Crippen molar-refractivity contribution in [2.24, 2.45) is 28.1 Å². The molecule has 0 spiro atoms. The summed E-state index contributed by atoms with van der Waals surface area (Å²) in [4.78, 5) is 0. The molecular weight excluding hydrogens is 500 g/mol. The highest BCUT2D eigenvalue weighted by molar-refractivity contribution is 5.27. The molecule has 1 saturated heterocycles. The average Bonchev–Trinajstić information content (AvgIpc) is 2.85. The lowest BCUT2D eigenvalue weighted by atomic mass is 9.44. The van der Waals surface area contributed by atoms with Crippen molar-refractivity contribution in [3.8, 4) is 0 Å². The summed E-state index contributed by atoms with van der Waals surface area (Å²) < 4.78 is 12.6. The topological polar surface area (TPSA) is 140 Å². The molecule has 4 rings (SSSR count). The van der Waals surface area contributed by atoms with Gasteiger partial charge in [-0.25, -0.2) is 0 Å². The van der Waals surface area contributed by atoms with Gasteiger partial charge in [-0.15, -0.1) is 6.58 Å². The maximum Gasteiger partial charge on any atom is 0.197 e. The van der Waals surface area contributed by atoms with Gasteiger partial charge in [-0.1, -0.05) is 38.5 Å². The van der Waals surface area contributed by atoms with Crippen LogP contribution in [0.15, 0.2) is 24.3 Å². The summed E-state index contributed by atoms with van der Waals surface area (Å²) in [5, 5.41) is 67.2. The number of fused-ring (bicyclic) bond motifs is 3. The zero-order chi connectivity index (χ0) is 29.7. The van der Waals surface area contributed by atoms with Crippen molar-refractivity contribution in [3.05, 3.63) is 24.3 Å². The van der Waals surface area contributed by atoms with Gasteiger partial charge in [0, 0.05) is 5.41 Å². The van der Waals surface area contributed by atoms with E-state index in [1.165, 1.54) is 40.2 Å². The fraction of sp³-hybridized carbons (Fsp3) is 0.871. The lowest BCUT2D eigenvalue weighted by molar-refractivity contribution is -0.461. The summed E-state index contributed by atoms with van der Waals surface area (Å²) in [7, 11) is 0. The third-order valence-corrected chi connectivity index (χ3v) is 12.4. The predicted molar refractivity (Wildman–Crippen MR) is 147 cm³/mol. The van der Waals surface area contributed by atoms with E-state index < -0.39 is 52.4 Å². The summed E-state index contributed by atoms with van der Waals surface area (Å²) in [6.45, 7) is 16.6. The molecule has 224 valence electrons. The van der Waals surface area contributed by atoms with Crippen LogP contribution in [0.5, 0.6) is 0 Å². The first-order chi connectivity index (χ1) is 17.6. The fourth-order valence-electron chi connectivity index (χ4n) is 8.67. The van der Waals surface area contributed by atoms with Gasteiger partial charge in [0.25, 0.3) is 0 Å². The third kappa shape index (κ3) is 4.00. The molecule has 0 aromatic rings. The summed E-state index contributed by atoms with van der Waals surface area (Å²) in [5.41, 5.74) is -7.71. The normalized spacial score (nSPS) is 57.7. The van der Waals surface area contributed by atoms with Crippen LogP contribution in [0.4, 0.5) is 0 Å². The van der Waals surface area contributed by atoms with Gasteiger partial charge < -0.3 is 40.1 Å². The van der Waals surface area contributed by atoms with Crippen LogP contribution >= 0.6 is 0 Å². The van der Waals surface area contributed by atoms with Crippen LogP contribution in [-0.2, 0) is 9.47 Å². The number of aliphatic hydroxyl groups is 6. The Morgan fingerprint density at radius 3 is 2.18 bits per heavy atom. The van der Waals surface area contributed by atoms with Crippen LogP contribution in [0.25, 0.3) is 0 Å². The Labute approximate surface area is 233 Å². The standard InChI is InChI=1S/C31H52O8/c1-10-24(2)14-13-20-19(15-24)11-12-22-25(20,3)16-21(33)23(34)26(22,4)18-38-31(9)30(8,37)29(7,36)28(6,35)27(5,17-32)39-31/h10-11,20-23,32-37H,1,12-18H2,2-9H3/t20-,21+,22?,23-,24-,25+,26+,27+,28+,29-,30-,31+/m0/s1. The molecule has 4 aliphatic rings. The molecular formula is C31H52O8. The molecule has 3 aliphatic carbocycles. The van der Waals surface area contributed by atoms with E-state index in [1.54, 1.807) is 0 Å². The zero-order valence-electron chi connectivity index (χ0n) is 25.1. The minimum Gasteiger partial charge on any atom is -0.393 e.